The van der Waals surface area contributed by atoms with Crippen LogP contribution in [0.1, 0.15) is 10.4 Å². The maximum atomic E-state index is 10.9. The third kappa shape index (κ3) is 4.15. The van der Waals surface area contributed by atoms with Crippen molar-refractivity contribution in [2.45, 2.75) is 0 Å². The van der Waals surface area contributed by atoms with Crippen molar-refractivity contribution in [2.75, 3.05) is 5.73 Å². The van der Waals surface area contributed by atoms with Gasteiger partial charge in [0.1, 0.15) is 0 Å². The summed E-state index contributed by atoms with van der Waals surface area (Å²) in [6.45, 7) is 0. The quantitative estimate of drug-likeness (QED) is 0.294. The molecule has 22 heavy (non-hydrogen) atoms. The van der Waals surface area contributed by atoms with Crippen LogP contribution < -0.4 is 5.73 Å². The van der Waals surface area contributed by atoms with E-state index in [1.54, 1.807) is 24.3 Å². The van der Waals surface area contributed by atoms with E-state index in [1.165, 1.54) is 12.1 Å². The monoisotopic (exact) mass is 294 g/mol. The van der Waals surface area contributed by atoms with E-state index in [0.29, 0.717) is 11.4 Å². The van der Waals surface area contributed by atoms with Gasteiger partial charge in [-0.3, -0.25) is 10.1 Å². The second-order valence-electron chi connectivity index (χ2n) is 4.06. The average molecular weight is 294 g/mol. The third-order valence-electron chi connectivity index (χ3n) is 2.59. The van der Waals surface area contributed by atoms with Crippen molar-refractivity contribution in [1.29, 1.82) is 0 Å². The summed E-state index contributed by atoms with van der Waals surface area (Å²) in [5.41, 5.74) is 5.92. The summed E-state index contributed by atoms with van der Waals surface area (Å²) in [6, 6.07) is 9.87. The second-order valence-corrected chi connectivity index (χ2v) is 4.06. The summed E-state index contributed by atoms with van der Waals surface area (Å²) >= 11 is 0. The van der Waals surface area contributed by atoms with E-state index in [9.17, 15) is 14.9 Å². The van der Waals surface area contributed by atoms with Gasteiger partial charge in [0.2, 0.25) is 0 Å². The van der Waals surface area contributed by atoms with Crippen molar-refractivity contribution >= 4 is 47.6 Å². The van der Waals surface area contributed by atoms with Gasteiger partial charge in [-0.1, -0.05) is 0 Å². The first-order valence-electron chi connectivity index (χ1n) is 5.76. The fourth-order valence-electron chi connectivity index (χ4n) is 1.54. The Morgan fingerprint density at radius 1 is 1.14 bits per heavy atom. The van der Waals surface area contributed by atoms with Crippen molar-refractivity contribution in [2.24, 2.45) is 10.2 Å². The molecule has 0 aliphatic heterocycles. The van der Waals surface area contributed by atoms with Gasteiger partial charge in [0.05, 0.1) is 16.2 Å². The van der Waals surface area contributed by atoms with Crippen molar-refractivity contribution in [3.8, 4) is 0 Å². The van der Waals surface area contributed by atoms with Gasteiger partial charge in [0.15, 0.2) is 5.69 Å². The number of hydrogen-bond donors (Lipinski definition) is 2. The molecular weight excluding hydrogens is 283 g/mol. The van der Waals surface area contributed by atoms with Gasteiger partial charge in [-0.05, 0) is 36.4 Å². The van der Waals surface area contributed by atoms with E-state index >= 15 is 0 Å². The van der Waals surface area contributed by atoms with Crippen molar-refractivity contribution in [3.05, 3.63) is 58.1 Å². The number of carbonyl (C=O) groups is 1. The summed E-state index contributed by atoms with van der Waals surface area (Å²) in [4.78, 5) is 21.1. The number of anilines is 1. The zero-order valence-corrected chi connectivity index (χ0v) is 10.6. The molecule has 0 aliphatic rings. The molecule has 0 radical (unpaired) electrons. The number of aromatic carboxylic acids is 1. The fourth-order valence-corrected chi connectivity index (χ4v) is 1.54. The zero-order chi connectivity index (χ0) is 15.4. The van der Waals surface area contributed by atoms with Crippen LogP contribution in [0, 0.1) is 10.1 Å². The molecule has 2 aromatic rings. The molecule has 0 unspecified atom stereocenters. The molecule has 0 amide bonds. The molecule has 108 valence electrons. The SMILES string of the molecule is Nc1ccc(N=Nc2ccc(C(=O)O)cc2[N+](=O)[O-])cc1.[LiH]. The normalized spacial score (nSPS) is 10.2. The predicted molar refractivity (Wildman–Crippen MR) is 82.2 cm³/mol. The van der Waals surface area contributed by atoms with Crippen molar-refractivity contribution < 1.29 is 14.8 Å². The van der Waals surface area contributed by atoms with E-state index in [2.05, 4.69) is 10.2 Å². The fraction of sp³-hybridized carbons (Fsp3) is 0. The Bertz CT molecular complexity index is 731. The first-order chi connectivity index (χ1) is 9.97. The van der Waals surface area contributed by atoms with Crippen LogP contribution in [0.2, 0.25) is 0 Å². The van der Waals surface area contributed by atoms with Gasteiger partial charge in [-0.25, -0.2) is 4.79 Å². The summed E-state index contributed by atoms with van der Waals surface area (Å²) in [7, 11) is 0. The van der Waals surface area contributed by atoms with E-state index in [1.807, 2.05) is 0 Å². The molecule has 0 saturated carbocycles. The Balaban J connectivity index is 0.00000242. The molecule has 0 bridgehead atoms. The Kier molecular flexibility index (Phi) is 5.80. The average Bonchev–Trinajstić information content (AvgIpc) is 2.46. The van der Waals surface area contributed by atoms with Crippen LogP contribution in [0.3, 0.4) is 0 Å². The molecule has 0 atom stereocenters. The Morgan fingerprint density at radius 2 is 1.77 bits per heavy atom. The van der Waals surface area contributed by atoms with E-state index in [-0.39, 0.29) is 30.1 Å². The van der Waals surface area contributed by atoms with Crippen molar-refractivity contribution in [1.82, 2.24) is 0 Å². The number of nitrogen functional groups attached to an aromatic ring is 1. The number of nitrogens with zero attached hydrogens (tertiary/aromatic N) is 3. The first-order valence-corrected chi connectivity index (χ1v) is 5.76. The number of benzene rings is 2. The van der Waals surface area contributed by atoms with Gasteiger partial charge in [0, 0.05) is 11.8 Å². The molecule has 9 heteroatoms. The summed E-state index contributed by atoms with van der Waals surface area (Å²) in [5.74, 6) is -1.25. The molecule has 0 heterocycles. The van der Waals surface area contributed by atoms with Crippen LogP contribution in [0.5, 0.6) is 0 Å². The molecule has 0 aliphatic carbocycles. The molecule has 0 fully saturated rings. The number of nitro groups is 1. The number of azo groups is 1. The van der Waals surface area contributed by atoms with E-state index < -0.39 is 16.6 Å². The second kappa shape index (κ2) is 7.35. The predicted octanol–water partition coefficient (Wildman–Crippen LogP) is 2.64. The Hall–Kier alpha value is -2.69. The van der Waals surface area contributed by atoms with Crippen LogP contribution in [0.25, 0.3) is 0 Å². The van der Waals surface area contributed by atoms with Gasteiger partial charge in [-0.2, -0.15) is 5.11 Å². The number of carboxylic acids is 1. The minimum atomic E-state index is -1.25. The van der Waals surface area contributed by atoms with Crippen LogP contribution >= 0.6 is 0 Å². The number of rotatable bonds is 4. The van der Waals surface area contributed by atoms with E-state index in [4.69, 9.17) is 10.8 Å². The minimum absolute atomic E-state index is 0. The molecule has 2 aromatic carbocycles. The van der Waals surface area contributed by atoms with Gasteiger partial charge in [-0.15, -0.1) is 5.11 Å². The molecule has 8 nitrogen and oxygen atoms in total. The molecular formula is C13H11LiN4O4. The van der Waals surface area contributed by atoms with Crippen LogP contribution in [-0.4, -0.2) is 34.9 Å². The maximum absolute atomic E-state index is 10.9. The summed E-state index contributed by atoms with van der Waals surface area (Å²) < 4.78 is 0. The number of nitro benzene ring substituents is 1. The van der Waals surface area contributed by atoms with Crippen LogP contribution in [0.4, 0.5) is 22.7 Å². The molecule has 2 rings (SSSR count). The van der Waals surface area contributed by atoms with E-state index in [0.717, 1.165) is 6.07 Å². The Morgan fingerprint density at radius 3 is 2.32 bits per heavy atom. The number of hydrogen-bond acceptors (Lipinski definition) is 6. The van der Waals surface area contributed by atoms with Gasteiger partial charge >= 0.3 is 24.8 Å². The summed E-state index contributed by atoms with van der Waals surface area (Å²) in [5, 5.41) is 27.4. The summed E-state index contributed by atoms with van der Waals surface area (Å²) in [6.07, 6.45) is 0. The van der Waals surface area contributed by atoms with Gasteiger partial charge in [0.25, 0.3) is 5.69 Å². The topological polar surface area (TPSA) is 131 Å². The van der Waals surface area contributed by atoms with Gasteiger partial charge < -0.3 is 10.8 Å². The molecule has 0 aromatic heterocycles. The van der Waals surface area contributed by atoms with Crippen LogP contribution in [0.15, 0.2) is 52.7 Å². The molecule has 3 N–H and O–H groups in total. The van der Waals surface area contributed by atoms with Crippen LogP contribution in [-0.2, 0) is 0 Å². The number of nitrogens with two attached hydrogens (primary N) is 1. The standard InChI is InChI=1S/C13H10N4O4.Li.H/c14-9-2-4-10(5-3-9)15-16-11-6-1-8(13(18)19)7-12(11)17(20)21;;/h1-7H,14H2,(H,18,19);;. The third-order valence-corrected chi connectivity index (χ3v) is 2.59. The number of carboxylic acid groups (broad SMARTS) is 1. The zero-order valence-electron chi connectivity index (χ0n) is 10.6. The Labute approximate surface area is 137 Å². The van der Waals surface area contributed by atoms with Crippen molar-refractivity contribution in [3.63, 3.8) is 0 Å². The molecule has 0 spiro atoms. The first kappa shape index (κ1) is 17.4. The molecule has 0 saturated heterocycles.